The van der Waals surface area contributed by atoms with Gasteiger partial charge in [0.15, 0.2) is 0 Å². The van der Waals surface area contributed by atoms with E-state index in [0.717, 1.165) is 38.5 Å². The zero-order chi connectivity index (χ0) is 15.5. The SMILES string of the molecule is CCCCCC(=O)[O-].CCCCCC(=O)[O-].C[CH2][Al+2]. The molecule has 0 aromatic rings. The molecule has 0 aromatic heterocycles. The second-order valence-corrected chi connectivity index (χ2v) is 4.88. The van der Waals surface area contributed by atoms with Gasteiger partial charge in [0, 0.05) is 11.9 Å². The van der Waals surface area contributed by atoms with E-state index in [9.17, 15) is 19.8 Å². The second kappa shape index (κ2) is 22.6. The summed E-state index contributed by atoms with van der Waals surface area (Å²) >= 11 is 2.58. The van der Waals surface area contributed by atoms with E-state index in [1.54, 1.807) is 0 Å². The van der Waals surface area contributed by atoms with Crippen LogP contribution in [0.2, 0.25) is 5.28 Å². The zero-order valence-electron chi connectivity index (χ0n) is 12.6. The fourth-order valence-corrected chi connectivity index (χ4v) is 1.04. The maximum absolute atomic E-state index is 9.76. The van der Waals surface area contributed by atoms with Crippen LogP contribution >= 0.6 is 0 Å². The van der Waals surface area contributed by atoms with E-state index >= 15 is 0 Å². The van der Waals surface area contributed by atoms with Gasteiger partial charge in [-0.1, -0.05) is 39.5 Å². The molecular formula is C14H27AlO4. The van der Waals surface area contributed by atoms with E-state index < -0.39 is 11.9 Å². The first kappa shape index (κ1) is 23.6. The Kier molecular flexibility index (Phi) is 28.1. The molecular weight excluding hydrogens is 259 g/mol. The van der Waals surface area contributed by atoms with E-state index in [4.69, 9.17) is 0 Å². The normalized spacial score (nSPS) is 8.68. The fourth-order valence-electron chi connectivity index (χ4n) is 1.04. The minimum absolute atomic E-state index is 0.216. The first-order valence-electron chi connectivity index (χ1n) is 7.05. The third kappa shape index (κ3) is 46.6. The van der Waals surface area contributed by atoms with E-state index in [2.05, 4.69) is 23.2 Å². The number of rotatable bonds is 8. The molecule has 0 N–H and O–H groups in total. The van der Waals surface area contributed by atoms with Crippen molar-refractivity contribution in [3.63, 3.8) is 0 Å². The van der Waals surface area contributed by atoms with Crippen molar-refractivity contribution in [3.05, 3.63) is 0 Å². The third-order valence-corrected chi connectivity index (χ3v) is 1.97. The molecule has 0 aliphatic rings. The summed E-state index contributed by atoms with van der Waals surface area (Å²) < 4.78 is 0. The summed E-state index contributed by atoms with van der Waals surface area (Å²) in [5.41, 5.74) is 0. The van der Waals surface area contributed by atoms with E-state index in [0.29, 0.717) is 0 Å². The molecule has 0 bridgehead atoms. The fraction of sp³-hybridized carbons (Fsp3) is 0.857. The van der Waals surface area contributed by atoms with Crippen molar-refractivity contribution >= 4 is 28.2 Å². The Morgan fingerprint density at radius 3 is 1.21 bits per heavy atom. The summed E-state index contributed by atoms with van der Waals surface area (Å²) in [6, 6.07) is 0. The van der Waals surface area contributed by atoms with Crippen molar-refractivity contribution in [2.75, 3.05) is 0 Å². The van der Waals surface area contributed by atoms with Gasteiger partial charge in [0.2, 0.25) is 0 Å². The van der Waals surface area contributed by atoms with E-state index in [-0.39, 0.29) is 12.8 Å². The molecule has 0 saturated heterocycles. The van der Waals surface area contributed by atoms with Gasteiger partial charge in [-0.05, 0) is 25.7 Å². The predicted octanol–water partition coefficient (Wildman–Crippen LogP) is 1.23. The van der Waals surface area contributed by atoms with Crippen LogP contribution in [0.15, 0.2) is 0 Å². The molecule has 110 valence electrons. The molecule has 0 rings (SSSR count). The Hall–Kier alpha value is -0.528. The number of carbonyl (C=O) groups is 2. The summed E-state index contributed by atoms with van der Waals surface area (Å²) in [4.78, 5) is 19.5. The van der Waals surface area contributed by atoms with Gasteiger partial charge >= 0.3 is 28.5 Å². The Morgan fingerprint density at radius 2 is 1.05 bits per heavy atom. The standard InChI is InChI=1S/2C6H12O2.C2H5.Al/c2*1-2-3-4-5-6(7)8;1-2;/h2*2-5H2,1H3,(H,7,8);1H2,2H3;/q;;;+2/p-2. The van der Waals surface area contributed by atoms with Gasteiger partial charge in [-0.25, -0.2) is 0 Å². The number of carboxylic acids is 2. The average Bonchev–Trinajstić information content (AvgIpc) is 2.31. The number of hydrogen-bond acceptors (Lipinski definition) is 4. The first-order valence-corrected chi connectivity index (χ1v) is 7.87. The summed E-state index contributed by atoms with van der Waals surface area (Å²) in [6.45, 7) is 6.16. The Bertz CT molecular complexity index is 176. The number of carbonyl (C=O) groups excluding carboxylic acids is 2. The van der Waals surface area contributed by atoms with Gasteiger partial charge in [0.25, 0.3) is 0 Å². The number of aliphatic carboxylic acids is 2. The van der Waals surface area contributed by atoms with Gasteiger partial charge in [-0.2, -0.15) is 0 Å². The molecule has 0 amide bonds. The Morgan fingerprint density at radius 1 is 0.789 bits per heavy atom. The van der Waals surface area contributed by atoms with Crippen LogP contribution in [0.4, 0.5) is 0 Å². The summed E-state index contributed by atoms with van der Waals surface area (Å²) in [5, 5.41) is 20.7. The quantitative estimate of drug-likeness (QED) is 0.496. The van der Waals surface area contributed by atoms with Crippen LogP contribution < -0.4 is 10.2 Å². The van der Waals surface area contributed by atoms with Crippen LogP contribution in [0.5, 0.6) is 0 Å². The van der Waals surface area contributed by atoms with Gasteiger partial charge in [-0.3, -0.25) is 0 Å². The number of hydrogen-bond donors (Lipinski definition) is 0. The molecule has 0 aromatic carbocycles. The van der Waals surface area contributed by atoms with Crippen LogP contribution in [-0.4, -0.2) is 28.2 Å². The van der Waals surface area contributed by atoms with Crippen molar-refractivity contribution in [2.24, 2.45) is 0 Å². The molecule has 5 heteroatoms. The van der Waals surface area contributed by atoms with Crippen molar-refractivity contribution in [2.45, 2.75) is 77.4 Å². The van der Waals surface area contributed by atoms with Crippen LogP contribution in [-0.2, 0) is 9.59 Å². The van der Waals surface area contributed by atoms with Gasteiger partial charge in [0.05, 0.1) is 0 Å². The molecule has 0 aliphatic heterocycles. The van der Waals surface area contributed by atoms with Gasteiger partial charge in [-0.15, -0.1) is 0 Å². The van der Waals surface area contributed by atoms with Crippen LogP contribution in [0, 0.1) is 0 Å². The molecule has 0 saturated carbocycles. The van der Waals surface area contributed by atoms with Crippen LogP contribution in [0.25, 0.3) is 0 Å². The molecule has 0 unspecified atom stereocenters. The third-order valence-electron chi connectivity index (χ3n) is 1.97. The molecule has 0 aliphatic carbocycles. The van der Waals surface area contributed by atoms with Gasteiger partial charge < -0.3 is 19.8 Å². The van der Waals surface area contributed by atoms with Crippen molar-refractivity contribution < 1.29 is 19.8 Å². The van der Waals surface area contributed by atoms with E-state index in [1.807, 2.05) is 13.8 Å². The molecule has 19 heavy (non-hydrogen) atoms. The predicted molar refractivity (Wildman–Crippen MR) is 74.5 cm³/mol. The topological polar surface area (TPSA) is 80.3 Å². The zero-order valence-corrected chi connectivity index (χ0v) is 13.7. The summed E-state index contributed by atoms with van der Waals surface area (Å²) in [5.74, 6) is -1.86. The first-order chi connectivity index (χ1) is 8.95. The summed E-state index contributed by atoms with van der Waals surface area (Å²) in [6.07, 6.45) is 6.07. The summed E-state index contributed by atoms with van der Waals surface area (Å²) in [7, 11) is 0. The molecule has 0 atom stereocenters. The molecule has 0 spiro atoms. The number of carboxylic acid groups (broad SMARTS) is 2. The average molecular weight is 286 g/mol. The second-order valence-electron chi connectivity index (χ2n) is 4.07. The van der Waals surface area contributed by atoms with Crippen LogP contribution in [0.1, 0.15) is 72.1 Å². The minimum atomic E-state index is -0.932. The molecule has 0 heterocycles. The van der Waals surface area contributed by atoms with Crippen molar-refractivity contribution in [3.8, 4) is 0 Å². The molecule has 0 fully saturated rings. The van der Waals surface area contributed by atoms with Crippen LogP contribution in [0.3, 0.4) is 0 Å². The molecule has 4 nitrogen and oxygen atoms in total. The Balaban J connectivity index is -0.000000224. The monoisotopic (exact) mass is 286 g/mol. The maximum atomic E-state index is 9.76. The number of unbranched alkanes of at least 4 members (excludes halogenated alkanes) is 4. The van der Waals surface area contributed by atoms with Crippen molar-refractivity contribution in [1.82, 2.24) is 0 Å². The van der Waals surface area contributed by atoms with E-state index in [1.165, 1.54) is 5.28 Å². The molecule has 0 radical (unpaired) electrons. The van der Waals surface area contributed by atoms with Gasteiger partial charge in [0.1, 0.15) is 0 Å². The van der Waals surface area contributed by atoms with Crippen molar-refractivity contribution in [1.29, 1.82) is 0 Å². The Labute approximate surface area is 126 Å².